The van der Waals surface area contributed by atoms with Crippen LogP contribution < -0.4 is 5.48 Å². The number of hydrogen-bond donors (Lipinski definition) is 1. The van der Waals surface area contributed by atoms with Crippen LogP contribution in [0.1, 0.15) is 59.3 Å². The lowest BCUT2D eigenvalue weighted by Gasteiger charge is -2.29. The highest BCUT2D eigenvalue weighted by Crippen LogP contribution is 2.19. The summed E-state index contributed by atoms with van der Waals surface area (Å²) in [4.78, 5) is 16.8. The first kappa shape index (κ1) is 12.7. The maximum atomic E-state index is 11.2. The number of carbonyl (C=O) groups is 1. The fraction of sp³-hybridized carbons (Fsp3) is 0.917. The van der Waals surface area contributed by atoms with Gasteiger partial charge in [-0.2, -0.15) is 5.48 Å². The molecule has 0 aromatic rings. The van der Waals surface area contributed by atoms with Crippen molar-refractivity contribution in [1.82, 2.24) is 5.48 Å². The van der Waals surface area contributed by atoms with Crippen molar-refractivity contribution in [1.29, 1.82) is 0 Å². The van der Waals surface area contributed by atoms with Gasteiger partial charge in [0.1, 0.15) is 5.78 Å². The van der Waals surface area contributed by atoms with Gasteiger partial charge in [-0.15, -0.1) is 0 Å². The second kappa shape index (κ2) is 5.61. The van der Waals surface area contributed by atoms with Crippen molar-refractivity contribution in [2.75, 3.05) is 0 Å². The van der Waals surface area contributed by atoms with Crippen LogP contribution in [0.3, 0.4) is 0 Å². The van der Waals surface area contributed by atoms with E-state index in [0.717, 1.165) is 32.1 Å². The first-order valence-electron chi connectivity index (χ1n) is 5.98. The predicted molar refractivity (Wildman–Crippen MR) is 60.5 cm³/mol. The van der Waals surface area contributed by atoms with Crippen molar-refractivity contribution in [3.8, 4) is 0 Å². The van der Waals surface area contributed by atoms with Gasteiger partial charge in [0.25, 0.3) is 0 Å². The number of hydrogen-bond acceptors (Lipinski definition) is 3. The minimum atomic E-state index is 0.00917. The highest BCUT2D eigenvalue weighted by molar-refractivity contribution is 5.79. The molecule has 0 aromatic carbocycles. The summed E-state index contributed by atoms with van der Waals surface area (Å²) in [5.41, 5.74) is 3.11. The Morgan fingerprint density at radius 2 is 2.27 bits per heavy atom. The van der Waals surface area contributed by atoms with E-state index in [9.17, 15) is 4.79 Å². The number of nitrogens with one attached hydrogen (secondary N) is 1. The van der Waals surface area contributed by atoms with E-state index in [1.165, 1.54) is 0 Å². The molecule has 1 saturated carbocycles. The van der Waals surface area contributed by atoms with Gasteiger partial charge in [-0.25, -0.2) is 0 Å². The Hall–Kier alpha value is -0.410. The van der Waals surface area contributed by atoms with Crippen LogP contribution in [-0.4, -0.2) is 17.4 Å². The second-order valence-electron chi connectivity index (χ2n) is 5.11. The normalized spacial score (nSPS) is 23.1. The zero-order valence-corrected chi connectivity index (χ0v) is 10.1. The van der Waals surface area contributed by atoms with Crippen LogP contribution in [0.4, 0.5) is 0 Å². The number of ketones is 1. The van der Waals surface area contributed by atoms with Crippen LogP contribution in [0.15, 0.2) is 0 Å². The molecule has 1 unspecified atom stereocenters. The van der Waals surface area contributed by atoms with E-state index >= 15 is 0 Å². The fourth-order valence-electron chi connectivity index (χ4n) is 2.00. The third kappa shape index (κ3) is 4.76. The number of rotatable bonds is 5. The molecule has 0 amide bonds. The minimum Gasteiger partial charge on any atom is -0.300 e. The summed E-state index contributed by atoms with van der Waals surface area (Å²) in [6.07, 6.45) is 5.58. The van der Waals surface area contributed by atoms with Gasteiger partial charge in [-0.1, -0.05) is 13.3 Å². The number of hydroxylamine groups is 1. The fourth-order valence-corrected chi connectivity index (χ4v) is 2.00. The lowest BCUT2D eigenvalue weighted by atomic mass is 9.96. The molecule has 0 bridgehead atoms. The molecule has 88 valence electrons. The van der Waals surface area contributed by atoms with E-state index in [0.29, 0.717) is 12.2 Å². The van der Waals surface area contributed by atoms with Crippen molar-refractivity contribution < 1.29 is 9.63 Å². The monoisotopic (exact) mass is 213 g/mol. The van der Waals surface area contributed by atoms with Gasteiger partial charge in [-0.05, 0) is 33.1 Å². The average molecular weight is 213 g/mol. The zero-order valence-electron chi connectivity index (χ0n) is 10.1. The molecule has 3 nitrogen and oxygen atoms in total. The van der Waals surface area contributed by atoms with Gasteiger partial charge >= 0.3 is 0 Å². The van der Waals surface area contributed by atoms with Crippen molar-refractivity contribution in [2.45, 2.75) is 70.9 Å². The van der Waals surface area contributed by atoms with Crippen molar-refractivity contribution in [2.24, 2.45) is 0 Å². The van der Waals surface area contributed by atoms with Gasteiger partial charge in [0, 0.05) is 18.4 Å². The maximum Gasteiger partial charge on any atom is 0.135 e. The summed E-state index contributed by atoms with van der Waals surface area (Å²) in [6, 6.07) is 0. The molecule has 1 atom stereocenters. The highest BCUT2D eigenvalue weighted by Gasteiger charge is 2.23. The molecular weight excluding hydrogens is 190 g/mol. The molecule has 1 aliphatic carbocycles. The molecule has 0 spiro atoms. The van der Waals surface area contributed by atoms with E-state index in [1.54, 1.807) is 0 Å². The molecule has 0 heterocycles. The third-order valence-electron chi connectivity index (χ3n) is 2.81. The molecule has 0 aromatic heterocycles. The van der Waals surface area contributed by atoms with Crippen LogP contribution in [0.2, 0.25) is 0 Å². The molecule has 15 heavy (non-hydrogen) atoms. The van der Waals surface area contributed by atoms with Crippen molar-refractivity contribution in [3.05, 3.63) is 0 Å². The minimum absolute atomic E-state index is 0.00917. The smallest absolute Gasteiger partial charge is 0.135 e. The SMILES string of the molecule is CCCC(C)(C)NOC1CCCC(=O)C1. The van der Waals surface area contributed by atoms with Gasteiger partial charge in [0.15, 0.2) is 0 Å². The lowest BCUT2D eigenvalue weighted by Crippen LogP contribution is -2.42. The zero-order chi connectivity index (χ0) is 11.3. The summed E-state index contributed by atoms with van der Waals surface area (Å²) in [7, 11) is 0. The Morgan fingerprint density at radius 1 is 1.53 bits per heavy atom. The quantitative estimate of drug-likeness (QED) is 0.713. The summed E-state index contributed by atoms with van der Waals surface area (Å²) in [5.74, 6) is 0.335. The molecule has 0 saturated heterocycles. The Kier molecular flexibility index (Phi) is 4.74. The van der Waals surface area contributed by atoms with Crippen LogP contribution in [0.25, 0.3) is 0 Å². The summed E-state index contributed by atoms with van der Waals surface area (Å²) in [5, 5.41) is 0. The van der Waals surface area contributed by atoms with E-state index < -0.39 is 0 Å². The molecule has 1 aliphatic rings. The van der Waals surface area contributed by atoms with Crippen LogP contribution in [0, 0.1) is 0 Å². The van der Waals surface area contributed by atoms with E-state index in [-0.39, 0.29) is 11.6 Å². The Labute approximate surface area is 92.5 Å². The summed E-state index contributed by atoms with van der Waals surface area (Å²) < 4.78 is 0. The van der Waals surface area contributed by atoms with Crippen LogP contribution in [0.5, 0.6) is 0 Å². The standard InChI is InChI=1S/C12H23NO2/c1-4-8-12(2,3)13-15-11-7-5-6-10(14)9-11/h11,13H,4-9H2,1-3H3. The Bertz CT molecular complexity index is 214. The third-order valence-corrected chi connectivity index (χ3v) is 2.81. The average Bonchev–Trinajstić information content (AvgIpc) is 2.15. The van der Waals surface area contributed by atoms with Crippen molar-refractivity contribution in [3.63, 3.8) is 0 Å². The topological polar surface area (TPSA) is 38.3 Å². The Balaban J connectivity index is 2.26. The van der Waals surface area contributed by atoms with E-state index in [1.807, 2.05) is 0 Å². The van der Waals surface area contributed by atoms with Gasteiger partial charge in [0.05, 0.1) is 6.10 Å². The molecular formula is C12H23NO2. The molecule has 1 N–H and O–H groups in total. The molecule has 0 radical (unpaired) electrons. The predicted octanol–water partition coefficient (Wildman–Crippen LogP) is 2.60. The van der Waals surface area contributed by atoms with Crippen LogP contribution in [-0.2, 0) is 9.63 Å². The highest BCUT2D eigenvalue weighted by atomic mass is 16.7. The Morgan fingerprint density at radius 3 is 2.87 bits per heavy atom. The molecule has 3 heteroatoms. The van der Waals surface area contributed by atoms with Crippen LogP contribution >= 0.6 is 0 Å². The largest absolute Gasteiger partial charge is 0.300 e. The van der Waals surface area contributed by atoms with Gasteiger partial charge < -0.3 is 0 Å². The van der Waals surface area contributed by atoms with E-state index in [2.05, 4.69) is 26.3 Å². The van der Waals surface area contributed by atoms with E-state index in [4.69, 9.17) is 4.84 Å². The van der Waals surface area contributed by atoms with Crippen molar-refractivity contribution >= 4 is 5.78 Å². The number of Topliss-reactive ketones (excluding diaryl/α,β-unsaturated/α-hetero) is 1. The van der Waals surface area contributed by atoms with Gasteiger partial charge in [0.2, 0.25) is 0 Å². The molecule has 0 aliphatic heterocycles. The second-order valence-corrected chi connectivity index (χ2v) is 5.11. The first-order valence-corrected chi connectivity index (χ1v) is 5.98. The lowest BCUT2D eigenvalue weighted by molar-refractivity contribution is -0.130. The molecule has 1 fully saturated rings. The number of carbonyl (C=O) groups excluding carboxylic acids is 1. The van der Waals surface area contributed by atoms with Gasteiger partial charge in [-0.3, -0.25) is 9.63 Å². The maximum absolute atomic E-state index is 11.2. The molecule has 1 rings (SSSR count). The summed E-state index contributed by atoms with van der Waals surface area (Å²) >= 11 is 0. The summed E-state index contributed by atoms with van der Waals surface area (Å²) in [6.45, 7) is 6.41. The first-order chi connectivity index (χ1) is 7.03.